The predicted octanol–water partition coefficient (Wildman–Crippen LogP) is 5.93. The van der Waals surface area contributed by atoms with E-state index in [1.54, 1.807) is 24.3 Å². The molecular formula is C31H34O6. The fourth-order valence-electron chi connectivity index (χ4n) is 4.32. The van der Waals surface area contributed by atoms with E-state index in [1.807, 2.05) is 48.5 Å². The topological polar surface area (TPSA) is 63.2 Å². The van der Waals surface area contributed by atoms with Crippen molar-refractivity contribution < 1.29 is 28.5 Å². The first kappa shape index (κ1) is 25.5. The van der Waals surface area contributed by atoms with Crippen molar-refractivity contribution in [2.75, 3.05) is 39.6 Å². The third-order valence-corrected chi connectivity index (χ3v) is 6.94. The van der Waals surface area contributed by atoms with E-state index < -0.39 is 0 Å². The number of hydrogen-bond donors (Lipinski definition) is 0. The van der Waals surface area contributed by atoms with Crippen LogP contribution in [0.2, 0.25) is 0 Å². The molecule has 37 heavy (non-hydrogen) atoms. The number of carbonyl (C=O) groups is 1. The van der Waals surface area contributed by atoms with Gasteiger partial charge < -0.3 is 23.7 Å². The van der Waals surface area contributed by atoms with Crippen LogP contribution in [0.5, 0.6) is 11.5 Å². The summed E-state index contributed by atoms with van der Waals surface area (Å²) in [5, 5.41) is 0. The molecule has 2 saturated heterocycles. The molecule has 0 aromatic heterocycles. The average molecular weight is 503 g/mol. The first-order valence-electron chi connectivity index (χ1n) is 12.8. The maximum atomic E-state index is 12.6. The summed E-state index contributed by atoms with van der Waals surface area (Å²) >= 11 is 0. The largest absolute Gasteiger partial charge is 0.494 e. The Morgan fingerprint density at radius 3 is 1.89 bits per heavy atom. The van der Waals surface area contributed by atoms with Crippen molar-refractivity contribution in [3.05, 3.63) is 83.9 Å². The van der Waals surface area contributed by atoms with Crippen LogP contribution in [0.25, 0.3) is 11.1 Å². The molecule has 2 aliphatic heterocycles. The minimum atomic E-state index is -0.386. The monoisotopic (exact) mass is 502 g/mol. The van der Waals surface area contributed by atoms with Crippen molar-refractivity contribution >= 4 is 5.97 Å². The molecule has 3 aromatic carbocycles. The number of esters is 1. The number of rotatable bonds is 11. The second kappa shape index (κ2) is 11.1. The van der Waals surface area contributed by atoms with Gasteiger partial charge in [-0.2, -0.15) is 0 Å². The van der Waals surface area contributed by atoms with Crippen LogP contribution < -0.4 is 9.47 Å². The Morgan fingerprint density at radius 1 is 0.757 bits per heavy atom. The molecule has 194 valence electrons. The molecule has 0 bridgehead atoms. The first-order chi connectivity index (χ1) is 17.9. The van der Waals surface area contributed by atoms with Crippen LogP contribution in [-0.2, 0) is 20.8 Å². The van der Waals surface area contributed by atoms with Crippen LogP contribution in [-0.4, -0.2) is 45.6 Å². The fourth-order valence-corrected chi connectivity index (χ4v) is 4.32. The zero-order chi connectivity index (χ0) is 25.7. The van der Waals surface area contributed by atoms with Crippen LogP contribution in [0.1, 0.15) is 36.2 Å². The van der Waals surface area contributed by atoms with Crippen molar-refractivity contribution in [2.24, 2.45) is 10.8 Å². The van der Waals surface area contributed by atoms with Crippen molar-refractivity contribution in [2.45, 2.75) is 26.9 Å². The lowest BCUT2D eigenvalue weighted by Gasteiger charge is -2.37. The smallest absolute Gasteiger partial charge is 0.343 e. The summed E-state index contributed by atoms with van der Waals surface area (Å²) < 4.78 is 27.8. The molecule has 0 spiro atoms. The Bertz CT molecular complexity index is 1180. The Kier molecular flexibility index (Phi) is 7.60. The van der Waals surface area contributed by atoms with Gasteiger partial charge >= 0.3 is 5.97 Å². The van der Waals surface area contributed by atoms with Crippen molar-refractivity contribution in [3.63, 3.8) is 0 Å². The summed E-state index contributed by atoms with van der Waals surface area (Å²) in [6.45, 7) is 9.39. The van der Waals surface area contributed by atoms with Crippen molar-refractivity contribution in [1.29, 1.82) is 0 Å². The minimum absolute atomic E-state index is 0.132. The fraction of sp³-hybridized carbons (Fsp3) is 0.387. The van der Waals surface area contributed by atoms with Crippen molar-refractivity contribution in [1.82, 2.24) is 0 Å². The number of ether oxygens (including phenoxy) is 5. The third kappa shape index (κ3) is 6.58. The van der Waals surface area contributed by atoms with Gasteiger partial charge in [-0.1, -0.05) is 50.2 Å². The molecule has 3 aromatic rings. The van der Waals surface area contributed by atoms with Crippen LogP contribution in [0.3, 0.4) is 0 Å². The number of hydrogen-bond acceptors (Lipinski definition) is 6. The highest BCUT2D eigenvalue weighted by atomic mass is 16.5. The molecule has 0 atom stereocenters. The standard InChI is InChI=1S/C31H34O6/c1-30(18-34-19-30)15-16-36-27-13-9-25(10-14-27)24-5-7-26(8-6-24)29(32)37-28-11-3-23(4-12-28)17-33-20-31(2)21-35-22-31/h3-14H,15-22H2,1-2H3. The molecule has 2 heterocycles. The Labute approximate surface area is 218 Å². The molecule has 6 nitrogen and oxygen atoms in total. The molecule has 0 saturated carbocycles. The molecule has 0 unspecified atom stereocenters. The highest BCUT2D eigenvalue weighted by Gasteiger charge is 2.34. The molecule has 2 fully saturated rings. The molecule has 0 aliphatic carbocycles. The molecule has 5 rings (SSSR count). The summed E-state index contributed by atoms with van der Waals surface area (Å²) in [6.07, 6.45) is 0.987. The Balaban J connectivity index is 1.09. The van der Waals surface area contributed by atoms with Gasteiger partial charge in [0.2, 0.25) is 0 Å². The molecule has 6 heteroatoms. The van der Waals surface area contributed by atoms with E-state index in [0.717, 1.165) is 55.3 Å². The van der Waals surface area contributed by atoms with Gasteiger partial charge in [0, 0.05) is 10.8 Å². The first-order valence-corrected chi connectivity index (χ1v) is 12.8. The van der Waals surface area contributed by atoms with Gasteiger partial charge in [-0.05, 0) is 59.5 Å². The normalized spacial score (nSPS) is 17.4. The van der Waals surface area contributed by atoms with E-state index in [1.165, 1.54) is 0 Å². The van der Waals surface area contributed by atoms with Crippen molar-refractivity contribution in [3.8, 4) is 22.6 Å². The van der Waals surface area contributed by atoms with Gasteiger partial charge in [-0.15, -0.1) is 0 Å². The number of benzene rings is 3. The van der Waals surface area contributed by atoms with E-state index in [2.05, 4.69) is 13.8 Å². The highest BCUT2D eigenvalue weighted by Crippen LogP contribution is 2.31. The molecule has 0 radical (unpaired) electrons. The lowest BCUT2D eigenvalue weighted by molar-refractivity contribution is -0.140. The summed E-state index contributed by atoms with van der Waals surface area (Å²) in [6, 6.07) is 22.9. The SMILES string of the molecule is CC1(CCOc2ccc(-c3ccc(C(=O)Oc4ccc(COCC5(C)COC5)cc4)cc3)cc2)COC1. The van der Waals surface area contributed by atoms with Gasteiger partial charge in [0.1, 0.15) is 11.5 Å². The third-order valence-electron chi connectivity index (χ3n) is 6.94. The van der Waals surface area contributed by atoms with E-state index in [-0.39, 0.29) is 16.8 Å². The van der Waals surface area contributed by atoms with Crippen LogP contribution in [0.15, 0.2) is 72.8 Å². The zero-order valence-corrected chi connectivity index (χ0v) is 21.5. The average Bonchev–Trinajstić information content (AvgIpc) is 2.88. The molecule has 2 aliphatic rings. The van der Waals surface area contributed by atoms with Gasteiger partial charge in [-0.3, -0.25) is 0 Å². The summed E-state index contributed by atoms with van der Waals surface area (Å²) in [5.74, 6) is 0.974. The van der Waals surface area contributed by atoms with Gasteiger partial charge in [0.25, 0.3) is 0 Å². The lowest BCUT2D eigenvalue weighted by Crippen LogP contribution is -2.43. The minimum Gasteiger partial charge on any atom is -0.494 e. The zero-order valence-electron chi connectivity index (χ0n) is 21.5. The number of carbonyl (C=O) groups excluding carboxylic acids is 1. The van der Waals surface area contributed by atoms with Gasteiger partial charge in [0.05, 0.1) is 51.8 Å². The molecule has 0 amide bonds. The lowest BCUT2D eigenvalue weighted by atomic mass is 9.85. The van der Waals surface area contributed by atoms with Crippen LogP contribution in [0, 0.1) is 10.8 Å². The molecular weight excluding hydrogens is 468 g/mol. The summed E-state index contributed by atoms with van der Waals surface area (Å²) in [4.78, 5) is 12.6. The predicted molar refractivity (Wildman–Crippen MR) is 141 cm³/mol. The van der Waals surface area contributed by atoms with Gasteiger partial charge in [-0.25, -0.2) is 4.79 Å². The van der Waals surface area contributed by atoms with Crippen LogP contribution in [0.4, 0.5) is 0 Å². The van der Waals surface area contributed by atoms with Crippen LogP contribution >= 0.6 is 0 Å². The Morgan fingerprint density at radius 2 is 1.32 bits per heavy atom. The van der Waals surface area contributed by atoms with E-state index in [9.17, 15) is 4.79 Å². The highest BCUT2D eigenvalue weighted by molar-refractivity contribution is 5.91. The maximum absolute atomic E-state index is 12.6. The van der Waals surface area contributed by atoms with E-state index in [0.29, 0.717) is 31.1 Å². The second-order valence-corrected chi connectivity index (χ2v) is 10.8. The van der Waals surface area contributed by atoms with Gasteiger partial charge in [0.15, 0.2) is 0 Å². The summed E-state index contributed by atoms with van der Waals surface area (Å²) in [7, 11) is 0. The summed E-state index contributed by atoms with van der Waals surface area (Å²) in [5.41, 5.74) is 4.00. The quantitative estimate of drug-likeness (QED) is 0.239. The maximum Gasteiger partial charge on any atom is 0.343 e. The van der Waals surface area contributed by atoms with E-state index >= 15 is 0 Å². The van der Waals surface area contributed by atoms with E-state index in [4.69, 9.17) is 23.7 Å². The Hall–Kier alpha value is -3.19. The molecule has 0 N–H and O–H groups in total. The second-order valence-electron chi connectivity index (χ2n) is 10.8.